The SMILES string of the molecule is CC(C)(C)NC(=O)CN1CC2(CN(CC(=O)Nc3cc(F)cc(C(F)F)c3)C2)C1. The topological polar surface area (TPSA) is 64.7 Å². The summed E-state index contributed by atoms with van der Waals surface area (Å²) in [4.78, 5) is 28.1. The first-order chi connectivity index (χ1) is 13.4. The number of amides is 2. The van der Waals surface area contributed by atoms with E-state index in [1.165, 1.54) is 0 Å². The first-order valence-electron chi connectivity index (χ1n) is 9.57. The number of benzene rings is 1. The molecule has 1 aromatic carbocycles. The van der Waals surface area contributed by atoms with Crippen molar-refractivity contribution < 1.29 is 22.8 Å². The van der Waals surface area contributed by atoms with Crippen LogP contribution >= 0.6 is 0 Å². The van der Waals surface area contributed by atoms with Crippen LogP contribution in [0.2, 0.25) is 0 Å². The summed E-state index contributed by atoms with van der Waals surface area (Å²) in [6.45, 7) is 9.40. The van der Waals surface area contributed by atoms with Gasteiger partial charge in [-0.1, -0.05) is 0 Å². The van der Waals surface area contributed by atoms with Gasteiger partial charge in [-0.2, -0.15) is 0 Å². The molecule has 2 saturated heterocycles. The Bertz CT molecular complexity index is 780. The van der Waals surface area contributed by atoms with Crippen molar-refractivity contribution in [3.05, 3.63) is 29.6 Å². The fourth-order valence-corrected chi connectivity index (χ4v) is 4.10. The zero-order chi connectivity index (χ0) is 21.4. The van der Waals surface area contributed by atoms with E-state index in [-0.39, 0.29) is 35.0 Å². The van der Waals surface area contributed by atoms with Crippen molar-refractivity contribution in [3.8, 4) is 0 Å². The molecule has 0 unspecified atom stereocenters. The molecule has 2 fully saturated rings. The van der Waals surface area contributed by atoms with Crippen LogP contribution < -0.4 is 10.6 Å². The molecule has 2 N–H and O–H groups in total. The predicted octanol–water partition coefficient (Wildman–Crippen LogP) is 2.23. The van der Waals surface area contributed by atoms with Crippen LogP contribution in [-0.2, 0) is 9.59 Å². The van der Waals surface area contributed by atoms with Gasteiger partial charge in [-0.15, -0.1) is 0 Å². The van der Waals surface area contributed by atoms with Gasteiger partial charge >= 0.3 is 0 Å². The van der Waals surface area contributed by atoms with Crippen molar-refractivity contribution in [2.24, 2.45) is 5.41 Å². The zero-order valence-electron chi connectivity index (χ0n) is 16.9. The number of hydrogen-bond acceptors (Lipinski definition) is 4. The summed E-state index contributed by atoms with van der Waals surface area (Å²) in [5.41, 5.74) is -0.573. The molecule has 2 aliphatic heterocycles. The lowest BCUT2D eigenvalue weighted by molar-refractivity contribution is -0.141. The highest BCUT2D eigenvalue weighted by molar-refractivity contribution is 5.92. The monoisotopic (exact) mass is 412 g/mol. The van der Waals surface area contributed by atoms with Crippen LogP contribution in [-0.4, -0.2) is 66.4 Å². The van der Waals surface area contributed by atoms with Crippen molar-refractivity contribution in [1.82, 2.24) is 15.1 Å². The number of nitrogens with one attached hydrogen (secondary N) is 2. The van der Waals surface area contributed by atoms with Gasteiger partial charge in [0.25, 0.3) is 6.43 Å². The third-order valence-electron chi connectivity index (χ3n) is 4.94. The molecule has 6 nitrogen and oxygen atoms in total. The number of carbonyl (C=O) groups excluding carboxylic acids is 2. The second kappa shape index (κ2) is 7.95. The lowest BCUT2D eigenvalue weighted by Crippen LogP contribution is -2.73. The highest BCUT2D eigenvalue weighted by atomic mass is 19.3. The summed E-state index contributed by atoms with van der Waals surface area (Å²) < 4.78 is 38.9. The molecular formula is C20H27F3N4O2. The number of carbonyl (C=O) groups is 2. The van der Waals surface area contributed by atoms with Crippen molar-refractivity contribution in [1.29, 1.82) is 0 Å². The van der Waals surface area contributed by atoms with Gasteiger partial charge in [-0.05, 0) is 39.0 Å². The molecule has 0 aliphatic carbocycles. The Morgan fingerprint density at radius 1 is 1.03 bits per heavy atom. The first-order valence-corrected chi connectivity index (χ1v) is 9.57. The lowest BCUT2D eigenvalue weighted by Gasteiger charge is -2.60. The second-order valence-corrected chi connectivity index (χ2v) is 9.21. The van der Waals surface area contributed by atoms with Crippen LogP contribution in [0.25, 0.3) is 0 Å². The average molecular weight is 412 g/mol. The Balaban J connectivity index is 1.39. The van der Waals surface area contributed by atoms with Gasteiger partial charge < -0.3 is 10.6 Å². The van der Waals surface area contributed by atoms with Crippen molar-refractivity contribution >= 4 is 17.5 Å². The number of anilines is 1. The first kappa shape index (κ1) is 21.6. The maximum atomic E-state index is 13.4. The van der Waals surface area contributed by atoms with Gasteiger partial charge in [-0.3, -0.25) is 19.4 Å². The molecule has 9 heteroatoms. The highest BCUT2D eigenvalue weighted by Gasteiger charge is 2.51. The zero-order valence-corrected chi connectivity index (χ0v) is 16.9. The number of hydrogen-bond donors (Lipinski definition) is 2. The molecule has 29 heavy (non-hydrogen) atoms. The highest BCUT2D eigenvalue weighted by Crippen LogP contribution is 2.39. The molecule has 2 heterocycles. The number of halogens is 3. The smallest absolute Gasteiger partial charge is 0.264 e. The standard InChI is InChI=1S/C20H27F3N4O2/c1-19(2,3)25-17(29)8-27-11-20(12-27)9-26(10-20)7-16(28)24-15-5-13(18(22)23)4-14(21)6-15/h4-6,18H,7-12H2,1-3H3,(H,24,28)(H,25,29). The van der Waals surface area contributed by atoms with Crippen molar-refractivity contribution in [2.45, 2.75) is 32.7 Å². The Morgan fingerprint density at radius 2 is 1.59 bits per heavy atom. The largest absolute Gasteiger partial charge is 0.350 e. The minimum atomic E-state index is -2.80. The van der Waals surface area contributed by atoms with E-state index in [1.807, 2.05) is 25.7 Å². The molecule has 3 rings (SSSR count). The van der Waals surface area contributed by atoms with Gasteiger partial charge in [0.1, 0.15) is 5.82 Å². The van der Waals surface area contributed by atoms with Gasteiger partial charge in [0.15, 0.2) is 0 Å². The van der Waals surface area contributed by atoms with Crippen molar-refractivity contribution in [2.75, 3.05) is 44.6 Å². The van der Waals surface area contributed by atoms with Gasteiger partial charge in [0.05, 0.1) is 13.1 Å². The lowest BCUT2D eigenvalue weighted by atomic mass is 9.73. The quantitative estimate of drug-likeness (QED) is 0.752. The number of likely N-dealkylation sites (tertiary alicyclic amines) is 2. The van der Waals surface area contributed by atoms with Crippen LogP contribution in [0.5, 0.6) is 0 Å². The Kier molecular flexibility index (Phi) is 5.91. The summed E-state index contributed by atoms with van der Waals surface area (Å²) in [6.07, 6.45) is -2.80. The molecule has 1 aromatic rings. The summed E-state index contributed by atoms with van der Waals surface area (Å²) in [6, 6.07) is 2.85. The second-order valence-electron chi connectivity index (χ2n) is 9.21. The summed E-state index contributed by atoms with van der Waals surface area (Å²) in [5, 5.41) is 5.42. The molecule has 0 bridgehead atoms. The van der Waals surface area contributed by atoms with Crippen LogP contribution in [0.3, 0.4) is 0 Å². The maximum absolute atomic E-state index is 13.4. The Labute approximate surface area is 168 Å². The maximum Gasteiger partial charge on any atom is 0.264 e. The molecule has 2 amide bonds. The molecule has 0 atom stereocenters. The number of alkyl halides is 2. The fraction of sp³-hybridized carbons (Fsp3) is 0.600. The minimum Gasteiger partial charge on any atom is -0.350 e. The molecule has 0 aromatic heterocycles. The van der Waals surface area contributed by atoms with E-state index in [2.05, 4.69) is 15.5 Å². The van der Waals surface area contributed by atoms with Gasteiger partial charge in [0, 0.05) is 48.4 Å². The fourth-order valence-electron chi connectivity index (χ4n) is 4.10. The molecule has 0 saturated carbocycles. The van der Waals surface area contributed by atoms with Crippen LogP contribution in [0.4, 0.5) is 18.9 Å². The summed E-state index contributed by atoms with van der Waals surface area (Å²) in [7, 11) is 0. The molecule has 0 radical (unpaired) electrons. The van der Waals surface area contributed by atoms with E-state index < -0.39 is 17.8 Å². The normalized spacial score (nSPS) is 19.0. The molecular weight excluding hydrogens is 385 g/mol. The van der Waals surface area contributed by atoms with Crippen molar-refractivity contribution in [3.63, 3.8) is 0 Å². The Morgan fingerprint density at radius 3 is 2.10 bits per heavy atom. The molecule has 2 aliphatic rings. The third-order valence-corrected chi connectivity index (χ3v) is 4.94. The van der Waals surface area contributed by atoms with E-state index >= 15 is 0 Å². The van der Waals surface area contributed by atoms with E-state index in [9.17, 15) is 22.8 Å². The minimum absolute atomic E-state index is 0.00108. The van der Waals surface area contributed by atoms with E-state index in [1.54, 1.807) is 0 Å². The summed E-state index contributed by atoms with van der Waals surface area (Å²) >= 11 is 0. The Hall–Kier alpha value is -2.13. The number of rotatable bonds is 6. The molecule has 1 spiro atoms. The van der Waals surface area contributed by atoms with Crippen LogP contribution in [0.1, 0.15) is 32.8 Å². The van der Waals surface area contributed by atoms with E-state index in [4.69, 9.17) is 0 Å². The van der Waals surface area contributed by atoms with E-state index in [0.717, 1.165) is 44.4 Å². The van der Waals surface area contributed by atoms with Gasteiger partial charge in [0.2, 0.25) is 11.8 Å². The average Bonchev–Trinajstić information content (AvgIpc) is 2.48. The van der Waals surface area contributed by atoms with Crippen LogP contribution in [0.15, 0.2) is 18.2 Å². The third kappa shape index (κ3) is 5.70. The van der Waals surface area contributed by atoms with Gasteiger partial charge in [-0.25, -0.2) is 13.2 Å². The molecule has 160 valence electrons. The number of nitrogens with zero attached hydrogens (tertiary/aromatic N) is 2. The van der Waals surface area contributed by atoms with E-state index in [0.29, 0.717) is 6.54 Å². The summed E-state index contributed by atoms with van der Waals surface area (Å²) in [5.74, 6) is -1.18. The van der Waals surface area contributed by atoms with Crippen LogP contribution in [0, 0.1) is 11.2 Å². The predicted molar refractivity (Wildman–Crippen MR) is 103 cm³/mol.